The van der Waals surface area contributed by atoms with Gasteiger partial charge in [-0.05, 0) is 0 Å². The molecule has 15 heavy (non-hydrogen) atoms. The van der Waals surface area contributed by atoms with Gasteiger partial charge in [-0.3, -0.25) is 0 Å². The topological polar surface area (TPSA) is 0 Å². The molecule has 2 aromatic rings. The van der Waals surface area contributed by atoms with Crippen LogP contribution in [0.3, 0.4) is 0 Å². The number of halogens is 1. The molecular weight excluding hydrogens is 301 g/mol. The Labute approximate surface area is 108 Å². The van der Waals surface area contributed by atoms with Crippen molar-refractivity contribution in [1.82, 2.24) is 0 Å². The van der Waals surface area contributed by atoms with Gasteiger partial charge in [0, 0.05) is 0 Å². The monoisotopic (exact) mass is 310 g/mol. The van der Waals surface area contributed by atoms with Crippen LogP contribution in [0.5, 0.6) is 0 Å². The van der Waals surface area contributed by atoms with E-state index in [2.05, 4.69) is 68.6 Å². The molecule has 0 saturated heterocycles. The van der Waals surface area contributed by atoms with E-state index >= 15 is 0 Å². The van der Waals surface area contributed by atoms with Crippen molar-refractivity contribution in [1.29, 1.82) is 0 Å². The molecule has 2 heteroatoms. The molecule has 0 bridgehead atoms. The molecule has 0 aromatic heterocycles. The summed E-state index contributed by atoms with van der Waals surface area (Å²) < 4.78 is 0. The average Bonchev–Trinajstić information content (AvgIpc) is 2.34. The van der Waals surface area contributed by atoms with Gasteiger partial charge in [-0.25, -0.2) is 0 Å². The molecule has 0 unspecified atom stereocenters. The van der Waals surface area contributed by atoms with Gasteiger partial charge < -0.3 is 0 Å². The van der Waals surface area contributed by atoms with Gasteiger partial charge in [0.25, 0.3) is 0 Å². The summed E-state index contributed by atoms with van der Waals surface area (Å²) in [7, 11) is 0. The van der Waals surface area contributed by atoms with Crippen molar-refractivity contribution in [3.8, 4) is 0 Å². The van der Waals surface area contributed by atoms with Crippen LogP contribution >= 0.6 is 13.6 Å². The summed E-state index contributed by atoms with van der Waals surface area (Å²) >= 11 is 4.25. The Bertz CT molecular complexity index is 321. The fraction of sp³-hybridized carbons (Fsp3) is 0. The maximum Gasteiger partial charge on any atom is -0.0771 e. The molecular formula is C13H11BrZn. The van der Waals surface area contributed by atoms with E-state index in [0.717, 1.165) is 0 Å². The van der Waals surface area contributed by atoms with Crippen LogP contribution in [0.2, 0.25) is 0 Å². The van der Waals surface area contributed by atoms with Gasteiger partial charge in [0.05, 0.1) is 0 Å². The third-order valence-electron chi connectivity index (χ3n) is 1.93. The molecule has 0 amide bonds. The molecule has 0 saturated carbocycles. The van der Waals surface area contributed by atoms with Crippen molar-refractivity contribution in [2.75, 3.05) is 0 Å². The van der Waals surface area contributed by atoms with Crippen LogP contribution in [-0.4, -0.2) is 0 Å². The van der Waals surface area contributed by atoms with Crippen LogP contribution in [0.4, 0.5) is 0 Å². The smallest absolute Gasteiger partial charge is 0.0771 e. The molecule has 0 N–H and O–H groups in total. The third-order valence-corrected chi connectivity index (χ3v) is 1.93. The molecule has 2 aromatic carbocycles. The van der Waals surface area contributed by atoms with Crippen LogP contribution in [0.25, 0.3) is 0 Å². The SMILES string of the molecule is [Zn+][Br].c1ccc([CH-]c2ccccc2)cc1. The van der Waals surface area contributed by atoms with E-state index < -0.39 is 0 Å². The molecule has 0 spiro atoms. The second kappa shape index (κ2) is 7.67. The number of hydrogen-bond acceptors (Lipinski definition) is 0. The van der Waals surface area contributed by atoms with Crippen molar-refractivity contribution in [3.63, 3.8) is 0 Å². The fourth-order valence-electron chi connectivity index (χ4n) is 1.29. The first-order valence-electron chi connectivity index (χ1n) is 4.67. The van der Waals surface area contributed by atoms with E-state index in [1.165, 1.54) is 27.5 Å². The van der Waals surface area contributed by atoms with Crippen LogP contribution in [-0.2, 0) is 16.3 Å². The Kier molecular flexibility index (Phi) is 6.38. The molecule has 0 nitrogen and oxygen atoms in total. The van der Waals surface area contributed by atoms with Crippen LogP contribution in [0.1, 0.15) is 11.1 Å². The molecule has 72 valence electrons. The summed E-state index contributed by atoms with van der Waals surface area (Å²) in [6, 6.07) is 20.7. The molecule has 0 radical (unpaired) electrons. The van der Waals surface area contributed by atoms with Crippen molar-refractivity contribution >= 4 is 13.6 Å². The second-order valence-corrected chi connectivity index (χ2v) is 2.97. The van der Waals surface area contributed by atoms with Crippen LogP contribution < -0.4 is 0 Å². The summed E-state index contributed by atoms with van der Waals surface area (Å²) in [5.74, 6) is 0. The van der Waals surface area contributed by atoms with E-state index in [0.29, 0.717) is 0 Å². The average molecular weight is 313 g/mol. The fourth-order valence-corrected chi connectivity index (χ4v) is 1.29. The molecule has 0 aliphatic rings. The van der Waals surface area contributed by atoms with Gasteiger partial charge >= 0.3 is 30.0 Å². The quantitative estimate of drug-likeness (QED) is 0.578. The van der Waals surface area contributed by atoms with Gasteiger partial charge in [-0.15, -0.1) is 41.8 Å². The van der Waals surface area contributed by atoms with Gasteiger partial charge in [-0.2, -0.15) is 0 Å². The summed E-state index contributed by atoms with van der Waals surface area (Å²) in [6.45, 7) is 0. The van der Waals surface area contributed by atoms with Gasteiger partial charge in [-0.1, -0.05) is 36.4 Å². The molecule has 0 atom stereocenters. The number of hydrogen-bond donors (Lipinski definition) is 0. The maximum absolute atomic E-state index is 3.06. The normalized spacial score (nSPS) is 8.73. The predicted molar refractivity (Wildman–Crippen MR) is 64.3 cm³/mol. The summed E-state index contributed by atoms with van der Waals surface area (Å²) in [4.78, 5) is 0. The number of benzene rings is 2. The first-order valence-corrected chi connectivity index (χ1v) is 11.6. The third kappa shape index (κ3) is 4.64. The van der Waals surface area contributed by atoms with E-state index in [1.54, 1.807) is 0 Å². The zero-order valence-corrected chi connectivity index (χ0v) is 13.0. The van der Waals surface area contributed by atoms with Crippen molar-refractivity contribution in [3.05, 3.63) is 78.2 Å². The Morgan fingerprint density at radius 2 is 1.00 bits per heavy atom. The predicted octanol–water partition coefficient (Wildman–Crippen LogP) is 4.13. The molecule has 0 heterocycles. The van der Waals surface area contributed by atoms with E-state index in [9.17, 15) is 0 Å². The van der Waals surface area contributed by atoms with E-state index in [4.69, 9.17) is 0 Å². The van der Waals surface area contributed by atoms with E-state index in [-0.39, 0.29) is 0 Å². The van der Waals surface area contributed by atoms with E-state index in [1.807, 2.05) is 12.1 Å². The Morgan fingerprint density at radius 3 is 1.33 bits per heavy atom. The minimum Gasteiger partial charge on any atom is -0.126 e. The second-order valence-electron chi connectivity index (χ2n) is 2.97. The standard InChI is InChI=1S/C13H11.BrH.Zn/c1-3-7-12(8-4-1)11-13-9-5-2-6-10-13;;/h1-11H;1H;/q-1;;+2/p-1. The van der Waals surface area contributed by atoms with Crippen molar-refractivity contribution in [2.45, 2.75) is 0 Å². The molecule has 0 aliphatic carbocycles. The Hall–Kier alpha value is -0.587. The van der Waals surface area contributed by atoms with Gasteiger partial charge in [0.2, 0.25) is 0 Å². The Balaban J connectivity index is 0.000000531. The minimum absolute atomic E-state index is 1.19. The van der Waals surface area contributed by atoms with Crippen LogP contribution in [0, 0.1) is 6.42 Å². The van der Waals surface area contributed by atoms with Crippen molar-refractivity contribution < 1.29 is 16.3 Å². The minimum atomic E-state index is 1.19. The number of rotatable bonds is 2. The zero-order valence-electron chi connectivity index (χ0n) is 8.44. The summed E-state index contributed by atoms with van der Waals surface area (Å²) in [5, 5.41) is 0. The van der Waals surface area contributed by atoms with Crippen molar-refractivity contribution in [2.24, 2.45) is 0 Å². The zero-order chi connectivity index (χ0) is 10.9. The molecule has 0 fully saturated rings. The summed E-state index contributed by atoms with van der Waals surface area (Å²) in [6.07, 6.45) is 2.17. The first kappa shape index (κ1) is 12.5. The van der Waals surface area contributed by atoms with Crippen LogP contribution in [0.15, 0.2) is 60.7 Å². The first-order chi connectivity index (χ1) is 7.45. The largest absolute Gasteiger partial charge is 0.126 e. The Morgan fingerprint density at radius 1 is 0.667 bits per heavy atom. The molecule has 2 rings (SSSR count). The van der Waals surface area contributed by atoms with Gasteiger partial charge in [0.15, 0.2) is 0 Å². The van der Waals surface area contributed by atoms with Gasteiger partial charge in [0.1, 0.15) is 0 Å². The summed E-state index contributed by atoms with van der Waals surface area (Å²) in [5.41, 5.74) is 2.49. The molecule has 0 aliphatic heterocycles. The maximum atomic E-state index is 3.06.